The molecule has 1 aromatic carbocycles. The van der Waals surface area contributed by atoms with E-state index in [0.717, 1.165) is 4.90 Å². The van der Waals surface area contributed by atoms with Gasteiger partial charge in [-0.1, -0.05) is 19.9 Å². The van der Waals surface area contributed by atoms with E-state index in [9.17, 15) is 18.0 Å². The standard InChI is InChI=1S/C16H25N3O6S/c1-5-8-19(16(21)17-3)15(20)11(2)9-12-6-7-14(25-4)13(10-12)18-26(22,23)24/h6-7,10-11,18H,5,8-9H2,1-4H3,(H,17,21)(H,22,23,24). The molecule has 0 aliphatic heterocycles. The van der Waals surface area contributed by atoms with Gasteiger partial charge in [0.1, 0.15) is 5.75 Å². The van der Waals surface area contributed by atoms with Crippen LogP contribution in [0.5, 0.6) is 5.75 Å². The number of urea groups is 1. The van der Waals surface area contributed by atoms with Gasteiger partial charge in [-0.3, -0.25) is 19.0 Å². The highest BCUT2D eigenvalue weighted by atomic mass is 32.2. The van der Waals surface area contributed by atoms with Gasteiger partial charge in [0, 0.05) is 19.5 Å². The molecule has 0 saturated heterocycles. The number of nitrogens with one attached hydrogen (secondary N) is 2. The number of amides is 3. The van der Waals surface area contributed by atoms with Crippen LogP contribution in [0, 0.1) is 5.92 Å². The van der Waals surface area contributed by atoms with Crippen molar-refractivity contribution in [2.24, 2.45) is 5.92 Å². The number of hydrogen-bond acceptors (Lipinski definition) is 5. The van der Waals surface area contributed by atoms with Crippen LogP contribution in [0.25, 0.3) is 0 Å². The van der Waals surface area contributed by atoms with Crippen molar-refractivity contribution in [3.63, 3.8) is 0 Å². The summed E-state index contributed by atoms with van der Waals surface area (Å²) in [4.78, 5) is 25.6. The summed E-state index contributed by atoms with van der Waals surface area (Å²) in [5.41, 5.74) is 0.704. The third kappa shape index (κ3) is 6.19. The summed E-state index contributed by atoms with van der Waals surface area (Å²) >= 11 is 0. The van der Waals surface area contributed by atoms with Crippen LogP contribution in [0.2, 0.25) is 0 Å². The monoisotopic (exact) mass is 387 g/mol. The summed E-state index contributed by atoms with van der Waals surface area (Å²) in [5, 5.41) is 2.44. The number of carbonyl (C=O) groups excluding carboxylic acids is 2. The third-order valence-corrected chi connectivity index (χ3v) is 4.12. The maximum absolute atomic E-state index is 12.6. The van der Waals surface area contributed by atoms with E-state index in [1.54, 1.807) is 13.0 Å². The Morgan fingerprint density at radius 3 is 2.50 bits per heavy atom. The number of benzene rings is 1. The summed E-state index contributed by atoms with van der Waals surface area (Å²) < 4.78 is 38.1. The van der Waals surface area contributed by atoms with E-state index >= 15 is 0 Å². The molecule has 0 spiro atoms. The van der Waals surface area contributed by atoms with E-state index in [1.807, 2.05) is 11.6 Å². The molecule has 1 atom stereocenters. The molecule has 0 aromatic heterocycles. The fourth-order valence-corrected chi connectivity index (χ4v) is 2.92. The van der Waals surface area contributed by atoms with Crippen LogP contribution in [0.1, 0.15) is 25.8 Å². The van der Waals surface area contributed by atoms with Gasteiger partial charge in [0.25, 0.3) is 0 Å². The zero-order valence-electron chi connectivity index (χ0n) is 15.3. The molecule has 1 aromatic rings. The largest absolute Gasteiger partial charge is 0.495 e. The molecule has 0 radical (unpaired) electrons. The lowest BCUT2D eigenvalue weighted by Crippen LogP contribution is -2.45. The third-order valence-electron chi connectivity index (χ3n) is 3.64. The van der Waals surface area contributed by atoms with Gasteiger partial charge >= 0.3 is 16.3 Å². The first kappa shape index (κ1) is 21.7. The molecule has 1 unspecified atom stereocenters. The van der Waals surface area contributed by atoms with E-state index in [0.29, 0.717) is 18.5 Å². The normalized spacial score (nSPS) is 12.2. The second-order valence-electron chi connectivity index (χ2n) is 5.76. The molecule has 0 saturated carbocycles. The Morgan fingerprint density at radius 2 is 2.00 bits per heavy atom. The molecule has 146 valence electrons. The highest BCUT2D eigenvalue weighted by Crippen LogP contribution is 2.27. The van der Waals surface area contributed by atoms with Gasteiger partial charge in [-0.05, 0) is 30.5 Å². The van der Waals surface area contributed by atoms with Crippen molar-refractivity contribution in [1.82, 2.24) is 10.2 Å². The summed E-state index contributed by atoms with van der Waals surface area (Å²) in [6, 6.07) is 4.22. The maximum atomic E-state index is 12.6. The molecule has 0 aliphatic rings. The van der Waals surface area contributed by atoms with Crippen molar-refractivity contribution >= 4 is 27.9 Å². The highest BCUT2D eigenvalue weighted by molar-refractivity contribution is 7.87. The van der Waals surface area contributed by atoms with Gasteiger partial charge in [-0.15, -0.1) is 0 Å². The quantitative estimate of drug-likeness (QED) is 0.583. The second kappa shape index (κ2) is 9.39. The lowest BCUT2D eigenvalue weighted by atomic mass is 9.99. The van der Waals surface area contributed by atoms with E-state index in [1.165, 1.54) is 26.3 Å². The Labute approximate surface area is 153 Å². The molecule has 0 bridgehead atoms. The molecule has 1 rings (SSSR count). The first-order valence-corrected chi connectivity index (χ1v) is 9.52. The van der Waals surface area contributed by atoms with Gasteiger partial charge in [-0.2, -0.15) is 8.42 Å². The van der Waals surface area contributed by atoms with Gasteiger partial charge < -0.3 is 10.1 Å². The molecule has 0 fully saturated rings. The van der Waals surface area contributed by atoms with Crippen molar-refractivity contribution in [3.8, 4) is 5.75 Å². The van der Waals surface area contributed by atoms with Crippen LogP contribution in [0.3, 0.4) is 0 Å². The fraction of sp³-hybridized carbons (Fsp3) is 0.500. The van der Waals surface area contributed by atoms with Crippen LogP contribution in [-0.2, 0) is 21.5 Å². The van der Waals surface area contributed by atoms with Gasteiger partial charge in [0.05, 0.1) is 12.8 Å². The number of nitrogens with zero attached hydrogens (tertiary/aromatic N) is 1. The minimum atomic E-state index is -4.46. The Morgan fingerprint density at radius 1 is 1.35 bits per heavy atom. The highest BCUT2D eigenvalue weighted by Gasteiger charge is 2.25. The Bertz CT molecular complexity index is 750. The molecule has 26 heavy (non-hydrogen) atoms. The number of imide groups is 1. The number of hydrogen-bond donors (Lipinski definition) is 3. The van der Waals surface area contributed by atoms with Crippen LogP contribution in [0.4, 0.5) is 10.5 Å². The van der Waals surface area contributed by atoms with Crippen molar-refractivity contribution in [2.45, 2.75) is 26.7 Å². The minimum absolute atomic E-state index is 0.0591. The molecule has 3 N–H and O–H groups in total. The Hall–Kier alpha value is -2.33. The first-order chi connectivity index (χ1) is 12.1. The molecule has 0 heterocycles. The topological polar surface area (TPSA) is 125 Å². The van der Waals surface area contributed by atoms with Crippen molar-refractivity contribution < 1.29 is 27.3 Å². The van der Waals surface area contributed by atoms with E-state index in [4.69, 9.17) is 9.29 Å². The van der Waals surface area contributed by atoms with E-state index in [2.05, 4.69) is 5.32 Å². The summed E-state index contributed by atoms with van der Waals surface area (Å²) in [6.07, 6.45) is 0.914. The molecule has 3 amide bonds. The summed E-state index contributed by atoms with van der Waals surface area (Å²) in [5.74, 6) is -0.611. The SMILES string of the molecule is CCCN(C(=O)NC)C(=O)C(C)Cc1ccc(OC)c(NS(=O)(=O)O)c1. The molecule has 0 aliphatic carbocycles. The first-order valence-electron chi connectivity index (χ1n) is 8.08. The lowest BCUT2D eigenvalue weighted by Gasteiger charge is -2.23. The van der Waals surface area contributed by atoms with E-state index < -0.39 is 22.3 Å². The summed E-state index contributed by atoms with van der Waals surface area (Å²) in [6.45, 7) is 3.86. The summed E-state index contributed by atoms with van der Waals surface area (Å²) in [7, 11) is -1.64. The molecule has 9 nitrogen and oxygen atoms in total. The zero-order valence-corrected chi connectivity index (χ0v) is 16.1. The predicted octanol–water partition coefficient (Wildman–Crippen LogP) is 1.67. The number of methoxy groups -OCH3 is 1. The number of ether oxygens (including phenoxy) is 1. The van der Waals surface area contributed by atoms with Crippen LogP contribution < -0.4 is 14.8 Å². The van der Waals surface area contributed by atoms with Gasteiger partial charge in [-0.25, -0.2) is 4.79 Å². The Balaban J connectivity index is 3.01. The smallest absolute Gasteiger partial charge is 0.357 e. The number of anilines is 1. The second-order valence-corrected chi connectivity index (χ2v) is 6.92. The van der Waals surface area contributed by atoms with Crippen molar-refractivity contribution in [2.75, 3.05) is 25.4 Å². The van der Waals surface area contributed by atoms with Crippen molar-refractivity contribution in [1.29, 1.82) is 0 Å². The van der Waals surface area contributed by atoms with E-state index in [-0.39, 0.29) is 23.8 Å². The number of carbonyl (C=O) groups is 2. The number of rotatable bonds is 8. The Kier molecular flexibility index (Phi) is 7.84. The maximum Gasteiger partial charge on any atom is 0.357 e. The average Bonchev–Trinajstić information content (AvgIpc) is 2.57. The van der Waals surface area contributed by atoms with Gasteiger partial charge in [0.15, 0.2) is 0 Å². The average molecular weight is 387 g/mol. The zero-order chi connectivity index (χ0) is 19.9. The minimum Gasteiger partial charge on any atom is -0.495 e. The van der Waals surface area contributed by atoms with Gasteiger partial charge in [0.2, 0.25) is 5.91 Å². The van der Waals surface area contributed by atoms with Crippen LogP contribution in [-0.4, -0.2) is 50.5 Å². The van der Waals surface area contributed by atoms with Crippen LogP contribution in [0.15, 0.2) is 18.2 Å². The van der Waals surface area contributed by atoms with Crippen molar-refractivity contribution in [3.05, 3.63) is 23.8 Å². The molecular weight excluding hydrogens is 362 g/mol. The molecule has 10 heteroatoms. The predicted molar refractivity (Wildman–Crippen MR) is 97.5 cm³/mol. The fourth-order valence-electron chi connectivity index (χ4n) is 2.48. The lowest BCUT2D eigenvalue weighted by molar-refractivity contribution is -0.131. The molecular formula is C16H25N3O6S. The van der Waals surface area contributed by atoms with Crippen LogP contribution >= 0.6 is 0 Å².